The average Bonchev–Trinajstić information content (AvgIpc) is 3.45. The number of hydrogen-bond donors (Lipinski definition) is 2. The molecule has 2 N–H and O–H groups in total. The summed E-state index contributed by atoms with van der Waals surface area (Å²) in [7, 11) is 0. The van der Waals surface area contributed by atoms with E-state index in [4.69, 9.17) is 9.90 Å². The Kier molecular flexibility index (Phi) is 10.2. The molecule has 2 aromatic rings. The standard InChI is InChI=1S/C29H39N3O2.C2HF3O2/c1-20-10-9-11-21(2)26(20)27(33)32-18-23-16-31(17-24(23)19-32)15-14-25(22-12-7-6-8-13-22)30-28(34)29(3,4)5;3-2(4,5)1(6)7/h6-13,23-25H,14-19H2,1-5H3,(H,30,34);(H,6,7)/t23-,24?,25?;/m0./s1. The molecule has 4 rings (SSSR count). The number of carbonyl (C=O) groups excluding carboxylic acids is 2. The third-order valence-corrected chi connectivity index (χ3v) is 7.71. The van der Waals surface area contributed by atoms with Crippen LogP contribution < -0.4 is 5.32 Å². The molecule has 0 spiro atoms. The summed E-state index contributed by atoms with van der Waals surface area (Å²) in [5.74, 6) is -1.42. The van der Waals surface area contributed by atoms with Gasteiger partial charge in [-0.05, 0) is 48.8 Å². The van der Waals surface area contributed by atoms with Gasteiger partial charge in [0.25, 0.3) is 5.91 Å². The number of rotatable bonds is 6. The molecule has 0 saturated carbocycles. The molecule has 2 aromatic carbocycles. The van der Waals surface area contributed by atoms with Gasteiger partial charge in [-0.2, -0.15) is 13.2 Å². The van der Waals surface area contributed by atoms with Crippen LogP contribution in [0.15, 0.2) is 48.5 Å². The third kappa shape index (κ3) is 8.55. The fourth-order valence-corrected chi connectivity index (χ4v) is 5.44. The maximum Gasteiger partial charge on any atom is 0.490 e. The minimum Gasteiger partial charge on any atom is -0.475 e. The minimum absolute atomic E-state index is 0.00970. The van der Waals surface area contributed by atoms with E-state index in [0.717, 1.165) is 61.4 Å². The van der Waals surface area contributed by atoms with Crippen molar-refractivity contribution in [2.75, 3.05) is 32.7 Å². The maximum atomic E-state index is 13.2. The molecular weight excluding hydrogens is 535 g/mol. The van der Waals surface area contributed by atoms with Crippen LogP contribution in [0.2, 0.25) is 0 Å². The summed E-state index contributed by atoms with van der Waals surface area (Å²) in [6, 6.07) is 16.4. The van der Waals surface area contributed by atoms with Crippen molar-refractivity contribution in [1.82, 2.24) is 15.1 Å². The van der Waals surface area contributed by atoms with Crippen molar-refractivity contribution >= 4 is 17.8 Å². The number of likely N-dealkylation sites (tertiary alicyclic amines) is 2. The molecule has 0 aromatic heterocycles. The van der Waals surface area contributed by atoms with E-state index < -0.39 is 17.6 Å². The van der Waals surface area contributed by atoms with Crippen LogP contribution in [0.3, 0.4) is 0 Å². The molecule has 2 aliphatic heterocycles. The van der Waals surface area contributed by atoms with Gasteiger partial charge in [0, 0.05) is 43.7 Å². The van der Waals surface area contributed by atoms with E-state index in [1.165, 1.54) is 0 Å². The zero-order valence-electron chi connectivity index (χ0n) is 24.3. The summed E-state index contributed by atoms with van der Waals surface area (Å²) in [6.45, 7) is 14.6. The number of hydrogen-bond acceptors (Lipinski definition) is 4. The van der Waals surface area contributed by atoms with Crippen LogP contribution >= 0.6 is 0 Å². The highest BCUT2D eigenvalue weighted by atomic mass is 19.4. The lowest BCUT2D eigenvalue weighted by atomic mass is 9.94. The van der Waals surface area contributed by atoms with Crippen LogP contribution in [0.4, 0.5) is 13.2 Å². The van der Waals surface area contributed by atoms with Crippen molar-refractivity contribution in [2.24, 2.45) is 17.3 Å². The van der Waals surface area contributed by atoms with Crippen molar-refractivity contribution in [3.63, 3.8) is 0 Å². The Bertz CT molecular complexity index is 1190. The maximum absolute atomic E-state index is 13.2. The molecule has 2 amide bonds. The van der Waals surface area contributed by atoms with Gasteiger partial charge >= 0.3 is 12.1 Å². The molecule has 2 aliphatic rings. The second-order valence-electron chi connectivity index (χ2n) is 12.0. The third-order valence-electron chi connectivity index (χ3n) is 7.71. The van der Waals surface area contributed by atoms with E-state index >= 15 is 0 Å². The number of carboxylic acid groups (broad SMARTS) is 1. The SMILES string of the molecule is Cc1cccc(C)c1C(=O)N1CC2CN(CCC(NC(=O)C(C)(C)C)c3ccccc3)C[C@H]2C1.O=C(O)C(F)(F)F. The lowest BCUT2D eigenvalue weighted by Crippen LogP contribution is -2.39. The van der Waals surface area contributed by atoms with Gasteiger partial charge in [0.15, 0.2) is 0 Å². The van der Waals surface area contributed by atoms with Crippen LogP contribution in [-0.4, -0.2) is 71.6 Å². The Balaban J connectivity index is 0.000000587. The Hall–Kier alpha value is -3.40. The molecule has 0 aliphatic carbocycles. The second kappa shape index (κ2) is 13.1. The number of carboxylic acids is 1. The highest BCUT2D eigenvalue weighted by Crippen LogP contribution is 2.33. The number of benzene rings is 2. The van der Waals surface area contributed by atoms with Gasteiger partial charge < -0.3 is 20.2 Å². The topological polar surface area (TPSA) is 90.0 Å². The molecule has 2 fully saturated rings. The van der Waals surface area contributed by atoms with Gasteiger partial charge in [-0.1, -0.05) is 69.3 Å². The molecule has 10 heteroatoms. The van der Waals surface area contributed by atoms with Gasteiger partial charge in [-0.15, -0.1) is 0 Å². The molecule has 2 heterocycles. The molecule has 0 radical (unpaired) electrons. The first-order valence-corrected chi connectivity index (χ1v) is 13.8. The number of halogens is 3. The number of amides is 2. The lowest BCUT2D eigenvalue weighted by Gasteiger charge is -2.27. The number of nitrogens with zero attached hydrogens (tertiary/aromatic N) is 2. The van der Waals surface area contributed by atoms with Gasteiger partial charge in [0.2, 0.25) is 5.91 Å². The predicted molar refractivity (Wildman–Crippen MR) is 150 cm³/mol. The summed E-state index contributed by atoms with van der Waals surface area (Å²) < 4.78 is 31.7. The highest BCUT2D eigenvalue weighted by molar-refractivity contribution is 5.97. The second-order valence-corrected chi connectivity index (χ2v) is 12.0. The van der Waals surface area contributed by atoms with Crippen LogP contribution in [0.1, 0.15) is 60.3 Å². The minimum atomic E-state index is -5.08. The number of carbonyl (C=O) groups is 3. The van der Waals surface area contributed by atoms with Crippen molar-refractivity contribution in [2.45, 2.75) is 53.3 Å². The van der Waals surface area contributed by atoms with Gasteiger partial charge in [-0.3, -0.25) is 9.59 Å². The number of aliphatic carboxylic acids is 1. The molecule has 2 unspecified atom stereocenters. The van der Waals surface area contributed by atoms with E-state index in [2.05, 4.69) is 27.2 Å². The number of fused-ring (bicyclic) bond motifs is 1. The molecule has 3 atom stereocenters. The Morgan fingerprint density at radius 2 is 1.41 bits per heavy atom. The van der Waals surface area contributed by atoms with Gasteiger partial charge in [0.1, 0.15) is 0 Å². The molecule has 41 heavy (non-hydrogen) atoms. The summed E-state index contributed by atoms with van der Waals surface area (Å²) >= 11 is 0. The first-order valence-electron chi connectivity index (χ1n) is 13.8. The fraction of sp³-hybridized carbons (Fsp3) is 0.516. The quantitative estimate of drug-likeness (QED) is 0.492. The van der Waals surface area contributed by atoms with Gasteiger partial charge in [-0.25, -0.2) is 4.79 Å². The fourth-order valence-electron chi connectivity index (χ4n) is 5.44. The smallest absolute Gasteiger partial charge is 0.475 e. The highest BCUT2D eigenvalue weighted by Gasteiger charge is 2.42. The molecular formula is C31H40F3N3O4. The van der Waals surface area contributed by atoms with Crippen LogP contribution in [0, 0.1) is 31.1 Å². The van der Waals surface area contributed by atoms with Crippen molar-refractivity contribution < 1.29 is 32.7 Å². The first kappa shape index (κ1) is 32.1. The zero-order chi connectivity index (χ0) is 30.5. The molecule has 224 valence electrons. The van der Waals surface area contributed by atoms with E-state index in [-0.39, 0.29) is 17.9 Å². The average molecular weight is 576 g/mol. The molecule has 7 nitrogen and oxygen atoms in total. The van der Waals surface area contributed by atoms with E-state index in [1.807, 2.05) is 71.0 Å². The summed E-state index contributed by atoms with van der Waals surface area (Å²) in [6.07, 6.45) is -4.20. The normalized spacial score (nSPS) is 19.7. The Morgan fingerprint density at radius 3 is 1.88 bits per heavy atom. The van der Waals surface area contributed by atoms with E-state index in [0.29, 0.717) is 11.8 Å². The Morgan fingerprint density at radius 1 is 0.902 bits per heavy atom. The number of alkyl halides is 3. The first-order chi connectivity index (χ1) is 19.1. The molecule has 0 bridgehead atoms. The van der Waals surface area contributed by atoms with Gasteiger partial charge in [0.05, 0.1) is 6.04 Å². The van der Waals surface area contributed by atoms with Crippen molar-refractivity contribution in [1.29, 1.82) is 0 Å². The van der Waals surface area contributed by atoms with Crippen LogP contribution in [0.25, 0.3) is 0 Å². The predicted octanol–water partition coefficient (Wildman–Crippen LogP) is 5.23. The lowest BCUT2D eigenvalue weighted by molar-refractivity contribution is -0.192. The zero-order valence-corrected chi connectivity index (χ0v) is 24.3. The number of nitrogens with one attached hydrogen (secondary N) is 1. The summed E-state index contributed by atoms with van der Waals surface area (Å²) in [4.78, 5) is 39.4. The van der Waals surface area contributed by atoms with Crippen LogP contribution in [-0.2, 0) is 9.59 Å². The molecule has 2 saturated heterocycles. The summed E-state index contributed by atoms with van der Waals surface area (Å²) in [5.41, 5.74) is 3.74. The number of aryl methyl sites for hydroxylation is 2. The largest absolute Gasteiger partial charge is 0.490 e. The Labute approximate surface area is 239 Å². The van der Waals surface area contributed by atoms with Crippen molar-refractivity contribution in [3.8, 4) is 0 Å². The van der Waals surface area contributed by atoms with E-state index in [1.54, 1.807) is 0 Å². The monoisotopic (exact) mass is 575 g/mol. The van der Waals surface area contributed by atoms with Crippen molar-refractivity contribution in [3.05, 3.63) is 70.8 Å². The summed E-state index contributed by atoms with van der Waals surface area (Å²) in [5, 5.41) is 10.4. The van der Waals surface area contributed by atoms with E-state index in [9.17, 15) is 22.8 Å². The van der Waals surface area contributed by atoms with Crippen LogP contribution in [0.5, 0.6) is 0 Å².